The first-order valence-electron chi connectivity index (χ1n) is 19.6. The average molecular weight is 717 g/mol. The molecule has 0 radical (unpaired) electrons. The van der Waals surface area contributed by atoms with Gasteiger partial charge in [0, 0.05) is 38.0 Å². The maximum atomic E-state index is 4.65. The molecule has 0 aliphatic heterocycles. The molecule has 11 rings (SSSR count). The highest BCUT2D eigenvalue weighted by Crippen LogP contribution is 2.44. The van der Waals surface area contributed by atoms with Crippen LogP contribution in [0, 0.1) is 0 Å². The highest BCUT2D eigenvalue weighted by Gasteiger charge is 2.30. The monoisotopic (exact) mass is 716 g/mol. The standard InChI is InChI=1S/C54H40N2/c1-35-25-26-36-15-7-8-16-37(36)31-45-41-19-9-10-20-42(41)53(34-48(45)54(35,2)3)56-50-24-14-12-22-44(50)47-33-39(28-30-52(47)56)38-27-29-51-46(32-38)43-21-11-13-23-49(43)55(51)40-17-5-4-6-18-40/h4-30,32-34H,1,31H2,2-3H3/b26-25-. The number of allylic oxidation sites excluding steroid dienone is 2. The predicted molar refractivity (Wildman–Crippen MR) is 239 cm³/mol. The molecule has 0 saturated carbocycles. The molecule has 266 valence electrons. The van der Waals surface area contributed by atoms with Crippen molar-refractivity contribution in [2.75, 3.05) is 0 Å². The Hall–Kier alpha value is -6.90. The number of aromatic nitrogens is 2. The number of fused-ring (bicyclic) bond motifs is 10. The van der Waals surface area contributed by atoms with Gasteiger partial charge >= 0.3 is 0 Å². The van der Waals surface area contributed by atoms with Crippen LogP contribution in [0.2, 0.25) is 0 Å². The summed E-state index contributed by atoms with van der Waals surface area (Å²) < 4.78 is 4.88. The topological polar surface area (TPSA) is 9.86 Å². The summed E-state index contributed by atoms with van der Waals surface area (Å²) in [6.07, 6.45) is 5.33. The van der Waals surface area contributed by atoms with E-state index in [0.29, 0.717) is 0 Å². The van der Waals surface area contributed by atoms with E-state index in [1.165, 1.54) is 99.1 Å². The number of para-hydroxylation sites is 3. The van der Waals surface area contributed by atoms with Crippen molar-refractivity contribution in [3.05, 3.63) is 210 Å². The Kier molecular flexibility index (Phi) is 7.15. The van der Waals surface area contributed by atoms with Gasteiger partial charge in [-0.3, -0.25) is 0 Å². The highest BCUT2D eigenvalue weighted by atomic mass is 15.0. The van der Waals surface area contributed by atoms with E-state index in [0.717, 1.165) is 12.0 Å². The van der Waals surface area contributed by atoms with E-state index in [1.807, 2.05) is 0 Å². The molecule has 0 N–H and O–H groups in total. The first kappa shape index (κ1) is 32.5. The maximum Gasteiger partial charge on any atom is 0.0543 e. The molecule has 0 amide bonds. The van der Waals surface area contributed by atoms with Crippen LogP contribution < -0.4 is 0 Å². The summed E-state index contributed by atoms with van der Waals surface area (Å²) in [5.41, 5.74) is 15.7. The van der Waals surface area contributed by atoms with Gasteiger partial charge in [0.15, 0.2) is 0 Å². The van der Waals surface area contributed by atoms with Gasteiger partial charge in [0.2, 0.25) is 0 Å². The lowest BCUT2D eigenvalue weighted by Crippen LogP contribution is -2.21. The Balaban J connectivity index is 1.14. The van der Waals surface area contributed by atoms with Gasteiger partial charge in [-0.1, -0.05) is 148 Å². The Morgan fingerprint density at radius 1 is 0.464 bits per heavy atom. The summed E-state index contributed by atoms with van der Waals surface area (Å²) in [4.78, 5) is 0. The molecule has 10 aromatic rings. The predicted octanol–water partition coefficient (Wildman–Crippen LogP) is 14.2. The lowest BCUT2D eigenvalue weighted by Gasteiger charge is -2.31. The summed E-state index contributed by atoms with van der Waals surface area (Å²) in [5.74, 6) is 0. The first-order valence-corrected chi connectivity index (χ1v) is 19.6. The molecule has 2 aromatic heterocycles. The van der Waals surface area contributed by atoms with Crippen LogP contribution in [0.4, 0.5) is 0 Å². The molecule has 0 spiro atoms. The molecular formula is C54H40N2. The number of hydrogen-bond donors (Lipinski definition) is 0. The fourth-order valence-corrected chi connectivity index (χ4v) is 9.39. The second-order valence-electron chi connectivity index (χ2n) is 15.8. The van der Waals surface area contributed by atoms with Crippen LogP contribution in [-0.4, -0.2) is 9.13 Å². The van der Waals surface area contributed by atoms with Gasteiger partial charge in [-0.25, -0.2) is 0 Å². The Bertz CT molecular complexity index is 3260. The number of nitrogens with zero attached hydrogens (tertiary/aromatic N) is 2. The molecule has 0 saturated heterocycles. The van der Waals surface area contributed by atoms with E-state index in [4.69, 9.17) is 0 Å². The fraction of sp³-hybridized carbons (Fsp3) is 0.0741. The summed E-state index contributed by atoms with van der Waals surface area (Å²) in [5, 5.41) is 7.57. The molecule has 1 aliphatic carbocycles. The lowest BCUT2D eigenvalue weighted by molar-refractivity contribution is 0.636. The lowest BCUT2D eigenvalue weighted by atomic mass is 9.74. The van der Waals surface area contributed by atoms with Crippen molar-refractivity contribution in [2.24, 2.45) is 0 Å². The molecule has 0 unspecified atom stereocenters. The molecule has 2 nitrogen and oxygen atoms in total. The second-order valence-corrected chi connectivity index (χ2v) is 15.8. The normalized spacial score (nSPS) is 14.5. The fourth-order valence-electron chi connectivity index (χ4n) is 9.39. The minimum absolute atomic E-state index is 0.291. The quantitative estimate of drug-likeness (QED) is 0.172. The van der Waals surface area contributed by atoms with E-state index in [2.05, 4.69) is 212 Å². The van der Waals surface area contributed by atoms with Gasteiger partial charge in [0.25, 0.3) is 0 Å². The van der Waals surface area contributed by atoms with Crippen LogP contribution >= 0.6 is 0 Å². The van der Waals surface area contributed by atoms with E-state index in [-0.39, 0.29) is 5.41 Å². The van der Waals surface area contributed by atoms with Crippen LogP contribution in [-0.2, 0) is 11.8 Å². The van der Waals surface area contributed by atoms with Crippen LogP contribution in [0.25, 0.3) is 83.0 Å². The minimum Gasteiger partial charge on any atom is -0.309 e. The Morgan fingerprint density at radius 2 is 1.00 bits per heavy atom. The van der Waals surface area contributed by atoms with Gasteiger partial charge in [-0.05, 0) is 105 Å². The molecule has 0 atom stereocenters. The summed E-state index contributed by atoms with van der Waals surface area (Å²) >= 11 is 0. The Labute approximate surface area is 326 Å². The molecule has 56 heavy (non-hydrogen) atoms. The molecule has 1 aliphatic rings. The van der Waals surface area contributed by atoms with Crippen molar-refractivity contribution in [2.45, 2.75) is 25.7 Å². The summed E-state index contributed by atoms with van der Waals surface area (Å²) in [6, 6.07) is 62.6. The van der Waals surface area contributed by atoms with E-state index in [9.17, 15) is 0 Å². The van der Waals surface area contributed by atoms with Crippen molar-refractivity contribution >= 4 is 60.5 Å². The molecule has 0 bridgehead atoms. The first-order chi connectivity index (χ1) is 27.5. The molecular weight excluding hydrogens is 677 g/mol. The zero-order valence-electron chi connectivity index (χ0n) is 31.6. The third kappa shape index (κ3) is 4.82. The van der Waals surface area contributed by atoms with Crippen molar-refractivity contribution in [3.8, 4) is 22.5 Å². The summed E-state index contributed by atoms with van der Waals surface area (Å²) in [6.45, 7) is 9.32. The van der Waals surface area contributed by atoms with Gasteiger partial charge in [-0.2, -0.15) is 0 Å². The second kappa shape index (κ2) is 12.3. The molecule has 2 heteroatoms. The third-order valence-corrected chi connectivity index (χ3v) is 12.4. The number of benzene rings is 8. The highest BCUT2D eigenvalue weighted by molar-refractivity contribution is 6.13. The average Bonchev–Trinajstić information content (AvgIpc) is 3.76. The van der Waals surface area contributed by atoms with Gasteiger partial charge in [0.05, 0.1) is 27.8 Å². The molecule has 8 aromatic carbocycles. The zero-order chi connectivity index (χ0) is 37.5. The van der Waals surface area contributed by atoms with Gasteiger partial charge in [-0.15, -0.1) is 0 Å². The van der Waals surface area contributed by atoms with Gasteiger partial charge in [0.1, 0.15) is 0 Å². The van der Waals surface area contributed by atoms with Crippen molar-refractivity contribution in [3.63, 3.8) is 0 Å². The van der Waals surface area contributed by atoms with Crippen molar-refractivity contribution in [1.29, 1.82) is 0 Å². The van der Waals surface area contributed by atoms with E-state index < -0.39 is 0 Å². The van der Waals surface area contributed by atoms with E-state index in [1.54, 1.807) is 0 Å². The number of hydrogen-bond acceptors (Lipinski definition) is 0. The summed E-state index contributed by atoms with van der Waals surface area (Å²) in [7, 11) is 0. The molecule has 0 fully saturated rings. The van der Waals surface area contributed by atoms with Crippen LogP contribution in [0.5, 0.6) is 0 Å². The zero-order valence-corrected chi connectivity index (χ0v) is 31.6. The maximum absolute atomic E-state index is 4.65. The van der Waals surface area contributed by atoms with Crippen LogP contribution in [0.1, 0.15) is 36.1 Å². The number of rotatable bonds is 3. The smallest absolute Gasteiger partial charge is 0.0543 e. The van der Waals surface area contributed by atoms with E-state index >= 15 is 0 Å². The van der Waals surface area contributed by atoms with Crippen LogP contribution in [0.15, 0.2) is 188 Å². The van der Waals surface area contributed by atoms with Crippen molar-refractivity contribution < 1.29 is 0 Å². The minimum atomic E-state index is -0.291. The third-order valence-electron chi connectivity index (χ3n) is 12.4. The Morgan fingerprint density at radius 3 is 1.70 bits per heavy atom. The molecule has 2 heterocycles. The SMILES string of the molecule is C=C1/C=C\c2ccccc2Cc2c(cc(-n3c4ccccc4c4cc(-c5ccc6c(c5)c5ccccc5n6-c5ccccc5)ccc43)c3ccccc23)C1(C)C. The largest absolute Gasteiger partial charge is 0.309 e. The van der Waals surface area contributed by atoms with Gasteiger partial charge < -0.3 is 9.13 Å². The van der Waals surface area contributed by atoms with Crippen LogP contribution in [0.3, 0.4) is 0 Å². The van der Waals surface area contributed by atoms with Crippen molar-refractivity contribution in [1.82, 2.24) is 9.13 Å².